The summed E-state index contributed by atoms with van der Waals surface area (Å²) in [5.41, 5.74) is 6.04. The Bertz CT molecular complexity index is 484. The zero-order valence-corrected chi connectivity index (χ0v) is 10.0. The second kappa shape index (κ2) is 4.02. The van der Waals surface area contributed by atoms with Gasteiger partial charge >= 0.3 is 0 Å². The lowest BCUT2D eigenvalue weighted by molar-refractivity contribution is 0.161. The smallest absolute Gasteiger partial charge is 0.210 e. The van der Waals surface area contributed by atoms with Gasteiger partial charge in [-0.15, -0.1) is 0 Å². The van der Waals surface area contributed by atoms with Gasteiger partial charge in [0.05, 0.1) is 0 Å². The zero-order chi connectivity index (χ0) is 12.8. The van der Waals surface area contributed by atoms with Crippen molar-refractivity contribution in [1.29, 1.82) is 0 Å². The van der Waals surface area contributed by atoms with Crippen LogP contribution in [0.2, 0.25) is 0 Å². The van der Waals surface area contributed by atoms with Gasteiger partial charge in [-0.3, -0.25) is 0 Å². The molecule has 5 heteroatoms. The van der Waals surface area contributed by atoms with E-state index in [2.05, 4.69) is 0 Å². The molecule has 3 N–H and O–H groups in total. The number of ether oxygens (including phenoxy) is 2. The molecule has 1 aromatic carbocycles. The summed E-state index contributed by atoms with van der Waals surface area (Å²) in [7, 11) is 0. The Kier molecular flexibility index (Phi) is 2.59. The number of fused-ring (bicyclic) bond motifs is 1. The number of hydrogen-bond donors (Lipinski definition) is 2. The first kappa shape index (κ1) is 11.6. The normalized spacial score (nSPS) is 21.0. The van der Waals surface area contributed by atoms with Crippen LogP contribution < -0.4 is 15.2 Å². The van der Waals surface area contributed by atoms with Crippen LogP contribution in [0.3, 0.4) is 0 Å². The first-order valence-electron chi connectivity index (χ1n) is 6.22. The summed E-state index contributed by atoms with van der Waals surface area (Å²) < 4.78 is 24.6. The second-order valence-corrected chi connectivity index (χ2v) is 4.97. The molecule has 1 aromatic rings. The van der Waals surface area contributed by atoms with E-state index < -0.39 is 17.1 Å². The summed E-state index contributed by atoms with van der Waals surface area (Å²) in [5, 5.41) is 9.99. The van der Waals surface area contributed by atoms with E-state index in [0.29, 0.717) is 17.9 Å². The largest absolute Gasteiger partial charge is 0.504 e. The third-order valence-electron chi connectivity index (χ3n) is 3.78. The first-order chi connectivity index (χ1) is 8.62. The molecule has 0 amide bonds. The van der Waals surface area contributed by atoms with Crippen LogP contribution in [0, 0.1) is 5.82 Å². The van der Waals surface area contributed by atoms with E-state index in [9.17, 15) is 9.50 Å². The minimum Gasteiger partial charge on any atom is -0.504 e. The van der Waals surface area contributed by atoms with Gasteiger partial charge in [-0.2, -0.15) is 4.39 Å². The SMILES string of the molecule is NC1(c2cc3c(c(F)c2O)OCCO3)CCCC1. The Morgan fingerprint density at radius 3 is 2.61 bits per heavy atom. The maximum atomic E-state index is 14.1. The highest BCUT2D eigenvalue weighted by Gasteiger charge is 2.37. The van der Waals surface area contributed by atoms with E-state index >= 15 is 0 Å². The van der Waals surface area contributed by atoms with E-state index in [1.54, 1.807) is 6.07 Å². The summed E-state index contributed by atoms with van der Waals surface area (Å²) in [5.74, 6) is -0.838. The van der Waals surface area contributed by atoms with E-state index in [4.69, 9.17) is 15.2 Å². The second-order valence-electron chi connectivity index (χ2n) is 4.97. The number of benzene rings is 1. The zero-order valence-electron chi connectivity index (χ0n) is 10.0. The number of nitrogens with two attached hydrogens (primary N) is 1. The molecule has 98 valence electrons. The van der Waals surface area contributed by atoms with Gasteiger partial charge in [-0.25, -0.2) is 0 Å². The fraction of sp³-hybridized carbons (Fsp3) is 0.538. The van der Waals surface area contributed by atoms with Crippen molar-refractivity contribution in [2.45, 2.75) is 31.2 Å². The van der Waals surface area contributed by atoms with Crippen molar-refractivity contribution in [3.05, 3.63) is 17.4 Å². The lowest BCUT2D eigenvalue weighted by atomic mass is 9.88. The van der Waals surface area contributed by atoms with E-state index in [1.807, 2.05) is 0 Å². The van der Waals surface area contributed by atoms with Gasteiger partial charge in [-0.1, -0.05) is 12.8 Å². The monoisotopic (exact) mass is 253 g/mol. The van der Waals surface area contributed by atoms with Crippen LogP contribution in [0.5, 0.6) is 17.2 Å². The molecule has 0 bridgehead atoms. The van der Waals surface area contributed by atoms with Gasteiger partial charge in [-0.05, 0) is 18.9 Å². The van der Waals surface area contributed by atoms with Gasteiger partial charge in [0.15, 0.2) is 11.5 Å². The Hall–Kier alpha value is -1.49. The fourth-order valence-corrected chi connectivity index (χ4v) is 2.79. The Morgan fingerprint density at radius 1 is 1.22 bits per heavy atom. The molecule has 0 aromatic heterocycles. The summed E-state index contributed by atoms with van der Waals surface area (Å²) in [4.78, 5) is 0. The average Bonchev–Trinajstić information content (AvgIpc) is 2.82. The van der Waals surface area contributed by atoms with Gasteiger partial charge < -0.3 is 20.3 Å². The Labute approximate surface area is 105 Å². The van der Waals surface area contributed by atoms with Crippen LogP contribution in [0.25, 0.3) is 0 Å². The maximum Gasteiger partial charge on any atom is 0.210 e. The number of rotatable bonds is 1. The lowest BCUT2D eigenvalue weighted by Crippen LogP contribution is -2.33. The Balaban J connectivity index is 2.13. The van der Waals surface area contributed by atoms with Crippen molar-refractivity contribution in [1.82, 2.24) is 0 Å². The quantitative estimate of drug-likeness (QED) is 0.803. The molecule has 4 nitrogen and oxygen atoms in total. The first-order valence-corrected chi connectivity index (χ1v) is 6.22. The van der Waals surface area contributed by atoms with Crippen molar-refractivity contribution in [3.63, 3.8) is 0 Å². The average molecular weight is 253 g/mol. The highest BCUT2D eigenvalue weighted by atomic mass is 19.1. The maximum absolute atomic E-state index is 14.1. The fourth-order valence-electron chi connectivity index (χ4n) is 2.79. The van der Waals surface area contributed by atoms with Crippen LogP contribution in [-0.2, 0) is 5.54 Å². The molecular formula is C13H16FNO3. The highest BCUT2D eigenvalue weighted by molar-refractivity contribution is 5.54. The third kappa shape index (κ3) is 1.61. The predicted molar refractivity (Wildman–Crippen MR) is 63.4 cm³/mol. The van der Waals surface area contributed by atoms with E-state index in [0.717, 1.165) is 25.7 Å². The molecule has 0 unspecified atom stereocenters. The molecule has 3 rings (SSSR count). The molecule has 18 heavy (non-hydrogen) atoms. The molecule has 0 radical (unpaired) electrons. The van der Waals surface area contributed by atoms with E-state index in [1.165, 1.54) is 0 Å². The standard InChI is InChI=1S/C13H16FNO3/c14-10-11(16)8(13(15)3-1-2-4-13)7-9-12(10)18-6-5-17-9/h7,16H,1-6,15H2. The molecule has 1 saturated carbocycles. The molecule has 0 saturated heterocycles. The van der Waals surface area contributed by atoms with Crippen LogP contribution in [0.1, 0.15) is 31.2 Å². The molecule has 1 fully saturated rings. The number of phenols is 1. The molecule has 2 aliphatic rings. The minimum atomic E-state index is -0.765. The molecule has 0 spiro atoms. The van der Waals surface area contributed by atoms with Crippen molar-refractivity contribution in [2.75, 3.05) is 13.2 Å². The van der Waals surface area contributed by atoms with Crippen molar-refractivity contribution >= 4 is 0 Å². The molecule has 1 aliphatic heterocycles. The van der Waals surface area contributed by atoms with Crippen molar-refractivity contribution in [2.24, 2.45) is 5.73 Å². The minimum absolute atomic E-state index is 0.0101. The summed E-state index contributed by atoms with van der Waals surface area (Å²) in [6, 6.07) is 1.62. The van der Waals surface area contributed by atoms with E-state index in [-0.39, 0.29) is 12.4 Å². The van der Waals surface area contributed by atoms with Gasteiger partial charge in [0.2, 0.25) is 11.6 Å². The van der Waals surface area contributed by atoms with Crippen LogP contribution in [0.15, 0.2) is 6.07 Å². The number of phenolic OH excluding ortho intramolecular Hbond substituents is 1. The van der Waals surface area contributed by atoms with Crippen LogP contribution in [0.4, 0.5) is 4.39 Å². The third-order valence-corrected chi connectivity index (χ3v) is 3.78. The van der Waals surface area contributed by atoms with Gasteiger partial charge in [0.1, 0.15) is 13.2 Å². The predicted octanol–water partition coefficient (Wildman–Crippen LogP) is 2.03. The van der Waals surface area contributed by atoms with Crippen LogP contribution in [-0.4, -0.2) is 18.3 Å². The lowest BCUT2D eigenvalue weighted by Gasteiger charge is -2.28. The number of halogens is 1. The molecular weight excluding hydrogens is 237 g/mol. The van der Waals surface area contributed by atoms with Crippen LogP contribution >= 0.6 is 0 Å². The summed E-state index contributed by atoms with van der Waals surface area (Å²) >= 11 is 0. The summed E-state index contributed by atoms with van der Waals surface area (Å²) in [6.07, 6.45) is 3.48. The van der Waals surface area contributed by atoms with Gasteiger partial charge in [0, 0.05) is 11.1 Å². The molecule has 1 aliphatic carbocycles. The Morgan fingerprint density at radius 2 is 1.89 bits per heavy atom. The highest BCUT2D eigenvalue weighted by Crippen LogP contribution is 2.47. The van der Waals surface area contributed by atoms with Crippen molar-refractivity contribution in [3.8, 4) is 17.2 Å². The van der Waals surface area contributed by atoms with Gasteiger partial charge in [0.25, 0.3) is 0 Å². The summed E-state index contributed by atoms with van der Waals surface area (Å²) in [6.45, 7) is 0.671. The molecule has 0 atom stereocenters. The molecule has 1 heterocycles. The van der Waals surface area contributed by atoms with Crippen molar-refractivity contribution < 1.29 is 19.0 Å². The number of aromatic hydroxyl groups is 1. The number of hydrogen-bond acceptors (Lipinski definition) is 4. The topological polar surface area (TPSA) is 64.7 Å².